The van der Waals surface area contributed by atoms with Gasteiger partial charge >= 0.3 is 5.97 Å². The Morgan fingerprint density at radius 2 is 1.68 bits per heavy atom. The molecule has 1 atom stereocenters. The van der Waals surface area contributed by atoms with Gasteiger partial charge < -0.3 is 4.74 Å². The summed E-state index contributed by atoms with van der Waals surface area (Å²) < 4.78 is 33.5. The maximum Gasteiger partial charge on any atom is 0.324 e. The van der Waals surface area contributed by atoms with Crippen molar-refractivity contribution in [3.8, 4) is 0 Å². The van der Waals surface area contributed by atoms with E-state index in [0.717, 1.165) is 3.57 Å². The molecule has 0 radical (unpaired) electrons. The number of hydrogen-bond acceptors (Lipinski definition) is 4. The van der Waals surface area contributed by atoms with Crippen molar-refractivity contribution in [1.29, 1.82) is 0 Å². The van der Waals surface area contributed by atoms with Gasteiger partial charge in [0.15, 0.2) is 0 Å². The van der Waals surface area contributed by atoms with E-state index in [1.165, 1.54) is 12.1 Å². The van der Waals surface area contributed by atoms with Crippen LogP contribution >= 0.6 is 22.6 Å². The Hall–Kier alpha value is -0.670. The lowest BCUT2D eigenvalue weighted by atomic mass is 10.1. The summed E-state index contributed by atoms with van der Waals surface area (Å²) in [6.45, 7) is 8.78. The smallest absolute Gasteiger partial charge is 0.324 e. The van der Waals surface area contributed by atoms with Crippen molar-refractivity contribution in [2.75, 3.05) is 0 Å². The van der Waals surface area contributed by atoms with Crippen LogP contribution in [0.25, 0.3) is 0 Å². The second-order valence-corrected chi connectivity index (χ2v) is 9.29. The second kappa shape index (κ2) is 7.27. The van der Waals surface area contributed by atoms with Crippen molar-refractivity contribution in [1.82, 2.24) is 4.72 Å². The third-order valence-corrected chi connectivity index (χ3v) is 4.91. The minimum atomic E-state index is -3.78. The molecular formula is C15H22INO4S. The number of ether oxygens (including phenoxy) is 1. The molecule has 5 nitrogen and oxygen atoms in total. The van der Waals surface area contributed by atoms with Gasteiger partial charge in [-0.15, -0.1) is 0 Å². The topological polar surface area (TPSA) is 72.5 Å². The highest BCUT2D eigenvalue weighted by Crippen LogP contribution is 2.17. The Balaban J connectivity index is 3.00. The highest BCUT2D eigenvalue weighted by molar-refractivity contribution is 14.1. The molecule has 1 N–H and O–H groups in total. The van der Waals surface area contributed by atoms with Crippen LogP contribution < -0.4 is 4.72 Å². The lowest BCUT2D eigenvalue weighted by molar-refractivity contribution is -0.158. The average Bonchev–Trinajstić information content (AvgIpc) is 2.34. The molecule has 22 heavy (non-hydrogen) atoms. The quantitative estimate of drug-likeness (QED) is 0.566. The fourth-order valence-electron chi connectivity index (χ4n) is 1.67. The van der Waals surface area contributed by atoms with Crippen molar-refractivity contribution < 1.29 is 17.9 Å². The second-order valence-electron chi connectivity index (χ2n) is 6.33. The predicted molar refractivity (Wildman–Crippen MR) is 94.0 cm³/mol. The van der Waals surface area contributed by atoms with Gasteiger partial charge in [-0.1, -0.05) is 13.8 Å². The number of carbonyl (C=O) groups is 1. The molecule has 0 heterocycles. The number of rotatable bonds is 5. The van der Waals surface area contributed by atoms with E-state index in [1.54, 1.807) is 46.8 Å². The van der Waals surface area contributed by atoms with Crippen LogP contribution in [0.3, 0.4) is 0 Å². The fraction of sp³-hybridized carbons (Fsp3) is 0.533. The summed E-state index contributed by atoms with van der Waals surface area (Å²) in [7, 11) is -3.78. The molecule has 0 saturated carbocycles. The first-order valence-corrected chi connectivity index (χ1v) is 9.49. The summed E-state index contributed by atoms with van der Waals surface area (Å²) in [6.07, 6.45) is 0. The predicted octanol–water partition coefficient (Wildman–Crippen LogP) is 2.94. The largest absolute Gasteiger partial charge is 0.459 e. The Labute approximate surface area is 146 Å². The summed E-state index contributed by atoms with van der Waals surface area (Å²) in [6, 6.07) is 5.50. The number of benzene rings is 1. The molecule has 1 aromatic rings. The van der Waals surface area contributed by atoms with E-state index in [9.17, 15) is 13.2 Å². The lowest BCUT2D eigenvalue weighted by Crippen LogP contribution is -2.47. The van der Waals surface area contributed by atoms with Gasteiger partial charge in [-0.05, 0) is 73.5 Å². The minimum absolute atomic E-state index is 0.127. The highest BCUT2D eigenvalue weighted by atomic mass is 127. The first kappa shape index (κ1) is 19.4. The average molecular weight is 439 g/mol. The Morgan fingerprint density at radius 3 is 2.09 bits per heavy atom. The Morgan fingerprint density at radius 1 is 1.18 bits per heavy atom. The van der Waals surface area contributed by atoms with E-state index in [1.807, 2.05) is 0 Å². The molecule has 0 aromatic heterocycles. The van der Waals surface area contributed by atoms with Crippen molar-refractivity contribution in [3.05, 3.63) is 27.8 Å². The van der Waals surface area contributed by atoms with Gasteiger partial charge in [-0.2, -0.15) is 4.72 Å². The number of sulfonamides is 1. The molecule has 124 valence electrons. The van der Waals surface area contributed by atoms with Crippen LogP contribution in [0.15, 0.2) is 29.2 Å². The standard InChI is InChI=1S/C15H22INO4S/c1-10(2)13(14(18)21-15(3,4)5)17-22(19,20)12-8-6-11(16)7-9-12/h6-10,13,17H,1-5H3/t13-/m1/s1. The molecule has 0 spiro atoms. The van der Waals surface area contributed by atoms with Crippen molar-refractivity contribution in [3.63, 3.8) is 0 Å². The van der Waals surface area contributed by atoms with E-state index in [2.05, 4.69) is 27.3 Å². The van der Waals surface area contributed by atoms with Crippen LogP contribution in [0.1, 0.15) is 34.6 Å². The van der Waals surface area contributed by atoms with E-state index < -0.39 is 27.6 Å². The minimum Gasteiger partial charge on any atom is -0.459 e. The number of esters is 1. The van der Waals surface area contributed by atoms with Gasteiger partial charge in [0.05, 0.1) is 4.90 Å². The van der Waals surface area contributed by atoms with Crippen molar-refractivity contribution in [2.45, 2.75) is 51.2 Å². The molecule has 0 unspecified atom stereocenters. The van der Waals surface area contributed by atoms with Crippen LogP contribution in [0.4, 0.5) is 0 Å². The zero-order valence-electron chi connectivity index (χ0n) is 13.4. The molecule has 7 heteroatoms. The molecule has 0 amide bonds. The lowest BCUT2D eigenvalue weighted by Gasteiger charge is -2.26. The highest BCUT2D eigenvalue weighted by Gasteiger charge is 2.32. The normalized spacial score (nSPS) is 14.0. The molecule has 0 aliphatic rings. The third kappa shape index (κ3) is 5.85. The van der Waals surface area contributed by atoms with E-state index in [0.29, 0.717) is 0 Å². The maximum absolute atomic E-state index is 12.4. The van der Waals surface area contributed by atoms with E-state index in [-0.39, 0.29) is 10.8 Å². The molecule has 0 aliphatic carbocycles. The first-order valence-electron chi connectivity index (χ1n) is 6.93. The molecule has 1 rings (SSSR count). The molecule has 0 fully saturated rings. The number of hydrogen-bond donors (Lipinski definition) is 1. The number of carbonyl (C=O) groups excluding carboxylic acids is 1. The van der Waals surface area contributed by atoms with Gasteiger partial charge in [-0.3, -0.25) is 4.79 Å². The van der Waals surface area contributed by atoms with Gasteiger partial charge in [0.25, 0.3) is 0 Å². The summed E-state index contributed by atoms with van der Waals surface area (Å²) in [4.78, 5) is 12.3. The number of nitrogens with one attached hydrogen (secondary N) is 1. The summed E-state index contributed by atoms with van der Waals surface area (Å²) in [5.74, 6) is -0.801. The molecular weight excluding hydrogens is 417 g/mol. The fourth-order valence-corrected chi connectivity index (χ4v) is 3.36. The van der Waals surface area contributed by atoms with Crippen LogP contribution in [0.2, 0.25) is 0 Å². The van der Waals surface area contributed by atoms with Gasteiger partial charge in [-0.25, -0.2) is 8.42 Å². The van der Waals surface area contributed by atoms with Crippen molar-refractivity contribution in [2.24, 2.45) is 5.92 Å². The Kier molecular flexibility index (Phi) is 6.40. The third-order valence-electron chi connectivity index (χ3n) is 2.73. The summed E-state index contributed by atoms with van der Waals surface area (Å²) in [5.41, 5.74) is -0.668. The molecule has 0 aliphatic heterocycles. The zero-order valence-corrected chi connectivity index (χ0v) is 16.4. The first-order chi connectivity index (χ1) is 9.92. The van der Waals surface area contributed by atoms with Gasteiger partial charge in [0.2, 0.25) is 10.0 Å². The maximum atomic E-state index is 12.4. The number of halogens is 1. The van der Waals surface area contributed by atoms with Crippen LogP contribution in [-0.4, -0.2) is 26.0 Å². The van der Waals surface area contributed by atoms with E-state index in [4.69, 9.17) is 4.74 Å². The van der Waals surface area contributed by atoms with Crippen LogP contribution in [0.5, 0.6) is 0 Å². The van der Waals surface area contributed by atoms with Gasteiger partial charge in [0, 0.05) is 3.57 Å². The monoisotopic (exact) mass is 439 g/mol. The van der Waals surface area contributed by atoms with Crippen LogP contribution in [0, 0.1) is 9.49 Å². The molecule has 1 aromatic carbocycles. The zero-order chi connectivity index (χ0) is 17.1. The molecule has 0 saturated heterocycles. The van der Waals surface area contributed by atoms with Crippen LogP contribution in [-0.2, 0) is 19.6 Å². The Bertz CT molecular complexity index is 618. The molecule has 0 bridgehead atoms. The van der Waals surface area contributed by atoms with E-state index >= 15 is 0 Å². The summed E-state index contributed by atoms with van der Waals surface area (Å²) >= 11 is 2.10. The summed E-state index contributed by atoms with van der Waals surface area (Å²) in [5, 5.41) is 0. The van der Waals surface area contributed by atoms with Crippen molar-refractivity contribution >= 4 is 38.6 Å². The SMILES string of the molecule is CC(C)[C@@H](NS(=O)(=O)c1ccc(I)cc1)C(=O)OC(C)(C)C. The van der Waals surface area contributed by atoms with Gasteiger partial charge in [0.1, 0.15) is 11.6 Å².